The number of nitrogens with one attached hydrogen (secondary N) is 1. The van der Waals surface area contributed by atoms with Gasteiger partial charge in [-0.25, -0.2) is 8.42 Å². The van der Waals surface area contributed by atoms with Crippen molar-refractivity contribution in [2.45, 2.75) is 52.1 Å². The van der Waals surface area contributed by atoms with Crippen LogP contribution in [0.2, 0.25) is 10.0 Å². The molecule has 0 aliphatic heterocycles. The van der Waals surface area contributed by atoms with Crippen LogP contribution in [0.25, 0.3) is 0 Å². The second-order valence-electron chi connectivity index (χ2n) is 8.73. The van der Waals surface area contributed by atoms with Gasteiger partial charge < -0.3 is 15.0 Å². The van der Waals surface area contributed by atoms with E-state index < -0.39 is 16.1 Å². The molecule has 2 amide bonds. The highest BCUT2D eigenvalue weighted by Gasteiger charge is 2.27. The first-order valence-electron chi connectivity index (χ1n) is 12.1. The summed E-state index contributed by atoms with van der Waals surface area (Å²) >= 11 is 12.3. The smallest absolute Gasteiger partial charge is 0.242 e. The zero-order valence-corrected chi connectivity index (χ0v) is 24.0. The zero-order chi connectivity index (χ0) is 27.6. The molecule has 1 N–H and O–H groups in total. The van der Waals surface area contributed by atoms with Crippen LogP contribution in [0.5, 0.6) is 5.75 Å². The van der Waals surface area contributed by atoms with E-state index in [1.807, 2.05) is 25.1 Å². The molecule has 0 fully saturated rings. The first-order chi connectivity index (χ1) is 17.5. The van der Waals surface area contributed by atoms with E-state index in [2.05, 4.69) is 5.32 Å². The van der Waals surface area contributed by atoms with Crippen molar-refractivity contribution in [2.75, 3.05) is 30.8 Å². The lowest BCUT2D eigenvalue weighted by atomic mass is 10.1. The third-order valence-electron chi connectivity index (χ3n) is 5.81. The maximum atomic E-state index is 13.4. The SMILES string of the molecule is CCCCNC(=O)[C@H](C)N(Cc1cccc(OC)c1)C(=O)CCCN(c1cc(Cl)ccc1Cl)S(C)(=O)=O. The van der Waals surface area contributed by atoms with Crippen LogP contribution in [0.3, 0.4) is 0 Å². The molecule has 204 valence electrons. The van der Waals surface area contributed by atoms with Gasteiger partial charge in [-0.3, -0.25) is 13.9 Å². The van der Waals surface area contributed by atoms with E-state index >= 15 is 0 Å². The summed E-state index contributed by atoms with van der Waals surface area (Å²) in [5.41, 5.74) is 1.06. The molecule has 11 heteroatoms. The minimum atomic E-state index is -3.69. The lowest BCUT2D eigenvalue weighted by Crippen LogP contribution is -2.48. The molecule has 2 aromatic rings. The van der Waals surface area contributed by atoms with E-state index in [1.165, 1.54) is 17.0 Å². The number of carbonyl (C=O) groups is 2. The van der Waals surface area contributed by atoms with E-state index in [0.29, 0.717) is 17.3 Å². The molecule has 0 aliphatic carbocycles. The Morgan fingerprint density at radius 1 is 1.11 bits per heavy atom. The van der Waals surface area contributed by atoms with E-state index in [0.717, 1.165) is 29.0 Å². The van der Waals surface area contributed by atoms with Gasteiger partial charge in [0.25, 0.3) is 0 Å². The van der Waals surface area contributed by atoms with Crippen molar-refractivity contribution in [2.24, 2.45) is 0 Å². The molecule has 0 saturated heterocycles. The molecule has 1 atom stereocenters. The van der Waals surface area contributed by atoms with E-state index in [9.17, 15) is 18.0 Å². The van der Waals surface area contributed by atoms with Gasteiger partial charge in [-0.1, -0.05) is 48.7 Å². The number of rotatable bonds is 14. The molecule has 0 heterocycles. The fraction of sp³-hybridized carbons (Fsp3) is 0.462. The summed E-state index contributed by atoms with van der Waals surface area (Å²) in [5, 5.41) is 3.46. The molecular weight excluding hydrogens is 537 g/mol. The molecule has 2 aromatic carbocycles. The first-order valence-corrected chi connectivity index (χ1v) is 14.7. The van der Waals surface area contributed by atoms with Gasteiger partial charge in [-0.2, -0.15) is 0 Å². The normalized spacial score (nSPS) is 12.1. The zero-order valence-electron chi connectivity index (χ0n) is 21.7. The average Bonchev–Trinajstić information content (AvgIpc) is 2.85. The highest BCUT2D eigenvalue weighted by Crippen LogP contribution is 2.31. The molecule has 0 bridgehead atoms. The number of sulfonamides is 1. The molecule has 0 unspecified atom stereocenters. The number of benzene rings is 2. The maximum Gasteiger partial charge on any atom is 0.242 e. The van der Waals surface area contributed by atoms with E-state index in [4.69, 9.17) is 27.9 Å². The van der Waals surface area contributed by atoms with Gasteiger partial charge in [0.2, 0.25) is 21.8 Å². The Morgan fingerprint density at radius 3 is 2.49 bits per heavy atom. The molecule has 0 aromatic heterocycles. The number of amides is 2. The summed E-state index contributed by atoms with van der Waals surface area (Å²) in [6.45, 7) is 4.48. The van der Waals surface area contributed by atoms with Gasteiger partial charge in [0.05, 0.1) is 24.1 Å². The Hall–Kier alpha value is -2.49. The van der Waals surface area contributed by atoms with Gasteiger partial charge in [0.1, 0.15) is 11.8 Å². The van der Waals surface area contributed by atoms with E-state index in [1.54, 1.807) is 26.2 Å². The molecule has 2 rings (SSSR count). The summed E-state index contributed by atoms with van der Waals surface area (Å²) in [5.74, 6) is 0.131. The summed E-state index contributed by atoms with van der Waals surface area (Å²) in [7, 11) is -2.13. The Balaban J connectivity index is 2.20. The summed E-state index contributed by atoms with van der Waals surface area (Å²) < 4.78 is 31.4. The van der Waals surface area contributed by atoms with Gasteiger partial charge >= 0.3 is 0 Å². The second kappa shape index (κ2) is 14.4. The van der Waals surface area contributed by atoms with Crippen molar-refractivity contribution in [1.29, 1.82) is 0 Å². The molecule has 8 nitrogen and oxygen atoms in total. The average molecular weight is 573 g/mol. The number of unbranched alkanes of at least 4 members (excludes halogenated alkanes) is 1. The first kappa shape index (κ1) is 30.7. The standard InChI is InChI=1S/C26H35Cl2N3O5S/c1-5-6-14-29-26(33)19(2)30(18-20-9-7-10-22(16-20)36-3)25(32)11-8-15-31(37(4,34)35)24-17-21(27)12-13-23(24)28/h7,9-10,12-13,16-17,19H,5-6,8,11,14-15,18H2,1-4H3,(H,29,33)/t19-/m0/s1. The monoisotopic (exact) mass is 571 g/mol. The van der Waals surface area contributed by atoms with Crippen molar-refractivity contribution >= 4 is 50.7 Å². The molecular formula is C26H35Cl2N3O5S. The number of anilines is 1. The van der Waals surface area contributed by atoms with Crippen LogP contribution in [0.4, 0.5) is 5.69 Å². The highest BCUT2D eigenvalue weighted by molar-refractivity contribution is 7.92. The number of methoxy groups -OCH3 is 1. The summed E-state index contributed by atoms with van der Waals surface area (Å²) in [4.78, 5) is 27.7. The van der Waals surface area contributed by atoms with E-state index in [-0.39, 0.29) is 48.5 Å². The molecule has 0 saturated carbocycles. The van der Waals surface area contributed by atoms with Crippen LogP contribution in [0.15, 0.2) is 42.5 Å². The highest BCUT2D eigenvalue weighted by atomic mass is 35.5. The Morgan fingerprint density at radius 2 is 1.84 bits per heavy atom. The predicted molar refractivity (Wildman–Crippen MR) is 149 cm³/mol. The van der Waals surface area contributed by atoms with Crippen LogP contribution in [0.1, 0.15) is 45.1 Å². The van der Waals surface area contributed by atoms with Crippen LogP contribution in [0, 0.1) is 0 Å². The lowest BCUT2D eigenvalue weighted by Gasteiger charge is -2.29. The topological polar surface area (TPSA) is 96.0 Å². The summed E-state index contributed by atoms with van der Waals surface area (Å²) in [6.07, 6.45) is 3.10. The molecule has 37 heavy (non-hydrogen) atoms. The maximum absolute atomic E-state index is 13.4. The quantitative estimate of drug-likeness (QED) is 0.326. The third-order valence-corrected chi connectivity index (χ3v) is 7.55. The fourth-order valence-corrected chi connectivity index (χ4v) is 5.15. The van der Waals surface area contributed by atoms with Crippen molar-refractivity contribution in [3.8, 4) is 5.75 Å². The second-order valence-corrected chi connectivity index (χ2v) is 11.5. The van der Waals surface area contributed by atoms with Crippen molar-refractivity contribution in [1.82, 2.24) is 10.2 Å². The van der Waals surface area contributed by atoms with Crippen molar-refractivity contribution < 1.29 is 22.7 Å². The predicted octanol–water partition coefficient (Wildman–Crippen LogP) is 4.88. The molecule has 0 spiro atoms. The number of halogens is 2. The number of ether oxygens (including phenoxy) is 1. The van der Waals surface area contributed by atoms with Crippen LogP contribution >= 0.6 is 23.2 Å². The minimum absolute atomic E-state index is 0.0225. The third kappa shape index (κ3) is 9.39. The largest absolute Gasteiger partial charge is 0.497 e. The summed E-state index contributed by atoms with van der Waals surface area (Å²) in [6, 6.07) is 11.1. The number of nitrogens with zero attached hydrogens (tertiary/aromatic N) is 2. The Bertz CT molecular complexity index is 1180. The number of hydrogen-bond acceptors (Lipinski definition) is 5. The number of hydrogen-bond donors (Lipinski definition) is 1. The molecule has 0 radical (unpaired) electrons. The van der Waals surface area contributed by atoms with Crippen molar-refractivity contribution in [3.63, 3.8) is 0 Å². The van der Waals surface area contributed by atoms with Crippen LogP contribution in [-0.2, 0) is 26.2 Å². The Labute approximate surface area is 229 Å². The fourth-order valence-electron chi connectivity index (χ4n) is 3.75. The number of carbonyl (C=O) groups excluding carboxylic acids is 2. The van der Waals surface area contributed by atoms with Gasteiger partial charge in [0.15, 0.2) is 0 Å². The van der Waals surface area contributed by atoms with Gasteiger partial charge in [0, 0.05) is 31.1 Å². The Kier molecular flexibility index (Phi) is 12.0. The van der Waals surface area contributed by atoms with Gasteiger partial charge in [-0.15, -0.1) is 0 Å². The van der Waals surface area contributed by atoms with Crippen molar-refractivity contribution in [3.05, 3.63) is 58.1 Å². The van der Waals surface area contributed by atoms with Crippen LogP contribution in [-0.4, -0.2) is 57.6 Å². The minimum Gasteiger partial charge on any atom is -0.497 e. The van der Waals surface area contributed by atoms with Gasteiger partial charge in [-0.05, 0) is 55.7 Å². The lowest BCUT2D eigenvalue weighted by molar-refractivity contribution is -0.140. The van der Waals surface area contributed by atoms with Crippen LogP contribution < -0.4 is 14.4 Å². The molecule has 0 aliphatic rings.